The van der Waals surface area contributed by atoms with Crippen LogP contribution in [0.5, 0.6) is 0 Å². The number of nitrogens with zero attached hydrogens (tertiary/aromatic N) is 1. The Kier molecular flexibility index (Phi) is 2.67. The van der Waals surface area contributed by atoms with Crippen molar-refractivity contribution in [1.29, 1.82) is 0 Å². The molecule has 2 aliphatic rings. The molecule has 4 heteroatoms. The normalized spacial score (nSPS) is 25.5. The third kappa shape index (κ3) is 1.64. The molecule has 94 valence electrons. The Balaban J connectivity index is 1.78. The fourth-order valence-corrected chi connectivity index (χ4v) is 2.42. The van der Waals surface area contributed by atoms with Crippen LogP contribution in [0.25, 0.3) is 0 Å². The van der Waals surface area contributed by atoms with Crippen molar-refractivity contribution in [2.75, 3.05) is 0 Å². The smallest absolute Gasteiger partial charge is 0.263 e. The van der Waals surface area contributed by atoms with Gasteiger partial charge in [-0.1, -0.05) is 31.9 Å². The maximum atomic E-state index is 12.1. The largest absolute Gasteiger partial charge is 0.347 e. The van der Waals surface area contributed by atoms with E-state index in [4.69, 9.17) is 4.74 Å². The van der Waals surface area contributed by atoms with Gasteiger partial charge in [0.15, 0.2) is 6.23 Å². The van der Waals surface area contributed by atoms with Gasteiger partial charge < -0.3 is 4.74 Å². The molecular formula is C14H15NO3. The molecule has 2 amide bonds. The number of rotatable bonds is 4. The topological polar surface area (TPSA) is 49.9 Å². The number of hydrogen-bond acceptors (Lipinski definition) is 3. The fraction of sp³-hybridized carbons (Fsp3) is 0.429. The third-order valence-corrected chi connectivity index (χ3v) is 3.48. The van der Waals surface area contributed by atoms with E-state index in [1.54, 1.807) is 24.3 Å². The van der Waals surface area contributed by atoms with E-state index in [0.717, 1.165) is 19.3 Å². The summed E-state index contributed by atoms with van der Waals surface area (Å²) < 4.78 is 5.46. The quantitative estimate of drug-likeness (QED) is 0.603. The molecule has 0 radical (unpaired) electrons. The lowest BCUT2D eigenvalue weighted by atomic mass is 10.1. The minimum absolute atomic E-state index is 0.0344. The van der Waals surface area contributed by atoms with Crippen LogP contribution in [0.3, 0.4) is 0 Å². The molecule has 0 aliphatic carbocycles. The zero-order valence-electron chi connectivity index (χ0n) is 10.3. The van der Waals surface area contributed by atoms with Crippen molar-refractivity contribution in [3.05, 3.63) is 35.4 Å². The van der Waals surface area contributed by atoms with E-state index < -0.39 is 0 Å². The van der Waals surface area contributed by atoms with E-state index >= 15 is 0 Å². The van der Waals surface area contributed by atoms with Crippen LogP contribution in [-0.4, -0.2) is 29.0 Å². The molecule has 18 heavy (non-hydrogen) atoms. The lowest BCUT2D eigenvalue weighted by molar-refractivity contribution is 0.0579. The summed E-state index contributed by atoms with van der Waals surface area (Å²) in [5.41, 5.74) is 0.986. The van der Waals surface area contributed by atoms with Crippen molar-refractivity contribution in [2.24, 2.45) is 0 Å². The predicted molar refractivity (Wildman–Crippen MR) is 65.1 cm³/mol. The predicted octanol–water partition coefficient (Wildman–Crippen LogP) is 2.20. The van der Waals surface area contributed by atoms with Crippen LogP contribution in [0.2, 0.25) is 0 Å². The summed E-state index contributed by atoms with van der Waals surface area (Å²) in [6, 6.07) is 6.93. The van der Waals surface area contributed by atoms with Crippen LogP contribution >= 0.6 is 0 Å². The summed E-state index contributed by atoms with van der Waals surface area (Å²) in [5, 5.41) is 0. The number of epoxide rings is 1. The van der Waals surface area contributed by atoms with Gasteiger partial charge >= 0.3 is 0 Å². The molecule has 0 bridgehead atoms. The summed E-state index contributed by atoms with van der Waals surface area (Å²) in [6.45, 7) is 2.11. The minimum atomic E-state index is -0.344. The number of carbonyl (C=O) groups is 2. The van der Waals surface area contributed by atoms with Crippen molar-refractivity contribution in [2.45, 2.75) is 38.5 Å². The molecule has 2 atom stereocenters. The molecule has 0 N–H and O–H groups in total. The monoisotopic (exact) mass is 245 g/mol. The highest BCUT2D eigenvalue weighted by Crippen LogP contribution is 2.36. The van der Waals surface area contributed by atoms with Crippen molar-refractivity contribution < 1.29 is 14.3 Å². The van der Waals surface area contributed by atoms with Gasteiger partial charge in [-0.15, -0.1) is 0 Å². The van der Waals surface area contributed by atoms with Gasteiger partial charge in [0.2, 0.25) is 0 Å². The molecule has 0 spiro atoms. The SMILES string of the molecule is CCCCC1OC1N1C(=O)c2ccccc2C1=O. The van der Waals surface area contributed by atoms with Gasteiger partial charge in [0.1, 0.15) is 6.10 Å². The van der Waals surface area contributed by atoms with E-state index in [1.807, 2.05) is 0 Å². The standard InChI is InChI=1S/C14H15NO3/c1-2-3-8-11-14(18-11)15-12(16)9-6-4-5-7-10(9)13(15)17/h4-7,11,14H,2-3,8H2,1H3. The Hall–Kier alpha value is -1.68. The van der Waals surface area contributed by atoms with Crippen molar-refractivity contribution in [3.63, 3.8) is 0 Å². The van der Waals surface area contributed by atoms with Crippen LogP contribution in [0.4, 0.5) is 0 Å². The first-order chi connectivity index (χ1) is 8.74. The lowest BCUT2D eigenvalue weighted by Crippen LogP contribution is -2.33. The molecule has 1 aromatic rings. The van der Waals surface area contributed by atoms with Crippen molar-refractivity contribution in [3.8, 4) is 0 Å². The summed E-state index contributed by atoms with van der Waals surface area (Å²) in [7, 11) is 0. The number of imide groups is 1. The first kappa shape index (κ1) is 11.4. The highest BCUT2D eigenvalue weighted by atomic mass is 16.6. The zero-order chi connectivity index (χ0) is 12.7. The van der Waals surface area contributed by atoms with Gasteiger partial charge in [-0.05, 0) is 18.6 Å². The Morgan fingerprint density at radius 1 is 1.17 bits per heavy atom. The summed E-state index contributed by atoms with van der Waals surface area (Å²) in [6.07, 6.45) is 2.75. The van der Waals surface area contributed by atoms with Crippen LogP contribution in [-0.2, 0) is 4.74 Å². The highest BCUT2D eigenvalue weighted by molar-refractivity contribution is 6.21. The average molecular weight is 245 g/mol. The third-order valence-electron chi connectivity index (χ3n) is 3.48. The highest BCUT2D eigenvalue weighted by Gasteiger charge is 2.51. The molecule has 2 unspecified atom stereocenters. The van der Waals surface area contributed by atoms with Crippen molar-refractivity contribution >= 4 is 11.8 Å². The number of benzene rings is 1. The fourth-order valence-electron chi connectivity index (χ4n) is 2.42. The first-order valence-electron chi connectivity index (χ1n) is 6.36. The Labute approximate surface area is 106 Å². The van der Waals surface area contributed by atoms with Gasteiger partial charge in [0, 0.05) is 0 Å². The van der Waals surface area contributed by atoms with Gasteiger partial charge in [-0.25, -0.2) is 4.90 Å². The Morgan fingerprint density at radius 3 is 2.33 bits per heavy atom. The maximum absolute atomic E-state index is 12.1. The molecule has 1 fully saturated rings. The van der Waals surface area contributed by atoms with Crippen LogP contribution in [0.1, 0.15) is 46.9 Å². The van der Waals surface area contributed by atoms with Crippen LogP contribution in [0.15, 0.2) is 24.3 Å². The number of hydrogen-bond donors (Lipinski definition) is 0. The summed E-state index contributed by atoms with van der Waals surface area (Å²) >= 11 is 0. The van der Waals surface area contributed by atoms with E-state index in [2.05, 4.69) is 6.92 Å². The second-order valence-corrected chi connectivity index (χ2v) is 4.73. The van der Waals surface area contributed by atoms with Crippen LogP contribution in [0, 0.1) is 0 Å². The zero-order valence-corrected chi connectivity index (χ0v) is 10.3. The van der Waals surface area contributed by atoms with Gasteiger partial charge in [-0.2, -0.15) is 0 Å². The number of fused-ring (bicyclic) bond motifs is 1. The van der Waals surface area contributed by atoms with Crippen molar-refractivity contribution in [1.82, 2.24) is 4.90 Å². The van der Waals surface area contributed by atoms with Gasteiger partial charge in [0.25, 0.3) is 11.8 Å². The molecule has 2 heterocycles. The lowest BCUT2D eigenvalue weighted by Gasteiger charge is -2.09. The molecule has 0 saturated carbocycles. The molecule has 1 aromatic carbocycles. The van der Waals surface area contributed by atoms with E-state index in [1.165, 1.54) is 4.90 Å². The number of ether oxygens (including phenoxy) is 1. The summed E-state index contributed by atoms with van der Waals surface area (Å²) in [4.78, 5) is 25.5. The number of carbonyl (C=O) groups excluding carboxylic acids is 2. The Bertz CT molecular complexity index is 477. The number of unbranched alkanes of at least 4 members (excludes halogenated alkanes) is 1. The molecule has 3 rings (SSSR count). The maximum Gasteiger partial charge on any atom is 0.263 e. The molecule has 1 saturated heterocycles. The molecular weight excluding hydrogens is 230 g/mol. The van der Waals surface area contributed by atoms with E-state index in [-0.39, 0.29) is 24.1 Å². The van der Waals surface area contributed by atoms with E-state index in [0.29, 0.717) is 11.1 Å². The first-order valence-corrected chi connectivity index (χ1v) is 6.36. The molecule has 0 aromatic heterocycles. The van der Waals surface area contributed by atoms with E-state index in [9.17, 15) is 9.59 Å². The molecule has 2 aliphatic heterocycles. The second-order valence-electron chi connectivity index (χ2n) is 4.73. The Morgan fingerprint density at radius 2 is 1.78 bits per heavy atom. The molecule has 4 nitrogen and oxygen atoms in total. The van der Waals surface area contributed by atoms with Gasteiger partial charge in [-0.3, -0.25) is 9.59 Å². The average Bonchev–Trinajstić information content (AvgIpc) is 3.10. The number of amides is 2. The second kappa shape index (κ2) is 4.21. The van der Waals surface area contributed by atoms with Crippen LogP contribution < -0.4 is 0 Å². The minimum Gasteiger partial charge on any atom is -0.347 e. The van der Waals surface area contributed by atoms with Gasteiger partial charge in [0.05, 0.1) is 11.1 Å². The summed E-state index contributed by atoms with van der Waals surface area (Å²) in [5.74, 6) is -0.445.